The molecule has 1 amide bonds. The van der Waals surface area contributed by atoms with E-state index in [4.69, 9.17) is 4.74 Å². The minimum Gasteiger partial charge on any atom is -0.497 e. The van der Waals surface area contributed by atoms with Crippen molar-refractivity contribution < 1.29 is 9.53 Å². The molecule has 4 rings (SSSR count). The third kappa shape index (κ3) is 3.64. The predicted octanol–water partition coefficient (Wildman–Crippen LogP) is 4.66. The Hall–Kier alpha value is -2.75. The van der Waals surface area contributed by atoms with E-state index in [0.29, 0.717) is 13.0 Å². The third-order valence-corrected chi connectivity index (χ3v) is 6.14. The molecule has 3 aromatic rings. The molecule has 0 unspecified atom stereocenters. The van der Waals surface area contributed by atoms with Crippen LogP contribution in [0.25, 0.3) is 10.9 Å². The molecule has 4 nitrogen and oxygen atoms in total. The van der Waals surface area contributed by atoms with Crippen LogP contribution in [0.2, 0.25) is 0 Å². The molecule has 1 fully saturated rings. The first kappa shape index (κ1) is 18.6. The van der Waals surface area contributed by atoms with Crippen molar-refractivity contribution in [3.63, 3.8) is 0 Å². The van der Waals surface area contributed by atoms with Crippen LogP contribution in [0.15, 0.2) is 48.7 Å². The number of amides is 1. The van der Waals surface area contributed by atoms with Gasteiger partial charge < -0.3 is 15.0 Å². The number of aromatic nitrogens is 1. The monoisotopic (exact) mass is 376 g/mol. The van der Waals surface area contributed by atoms with Crippen LogP contribution in [-0.4, -0.2) is 24.5 Å². The Labute approximate surface area is 166 Å². The molecule has 1 aliphatic rings. The highest BCUT2D eigenvalue weighted by Crippen LogP contribution is 2.40. The number of H-pyrrole nitrogens is 1. The van der Waals surface area contributed by atoms with Crippen molar-refractivity contribution in [1.82, 2.24) is 10.3 Å². The largest absolute Gasteiger partial charge is 0.497 e. The third-order valence-electron chi connectivity index (χ3n) is 6.14. The molecule has 0 saturated heterocycles. The van der Waals surface area contributed by atoms with Gasteiger partial charge in [-0.15, -0.1) is 0 Å². The number of carbonyl (C=O) groups excluding carboxylic acids is 1. The topological polar surface area (TPSA) is 54.1 Å². The molecule has 1 saturated carbocycles. The van der Waals surface area contributed by atoms with Gasteiger partial charge in [0.1, 0.15) is 5.75 Å². The summed E-state index contributed by atoms with van der Waals surface area (Å²) in [6, 6.07) is 14.7. The van der Waals surface area contributed by atoms with Crippen molar-refractivity contribution in [2.45, 2.75) is 44.4 Å². The Morgan fingerprint density at radius 1 is 1.18 bits per heavy atom. The molecule has 146 valence electrons. The molecule has 0 spiro atoms. The zero-order chi connectivity index (χ0) is 19.6. The van der Waals surface area contributed by atoms with Gasteiger partial charge in [-0.05, 0) is 49.1 Å². The normalized spacial score (nSPS) is 15.6. The maximum atomic E-state index is 12.7. The van der Waals surface area contributed by atoms with Crippen LogP contribution in [0.1, 0.15) is 42.4 Å². The molecule has 0 atom stereocenters. The number of fused-ring (bicyclic) bond motifs is 1. The van der Waals surface area contributed by atoms with Gasteiger partial charge in [0, 0.05) is 29.1 Å². The summed E-state index contributed by atoms with van der Waals surface area (Å²) in [6.45, 7) is 2.84. The van der Waals surface area contributed by atoms with E-state index in [-0.39, 0.29) is 11.3 Å². The fourth-order valence-electron chi connectivity index (χ4n) is 4.53. The van der Waals surface area contributed by atoms with Crippen LogP contribution in [0.3, 0.4) is 0 Å². The van der Waals surface area contributed by atoms with E-state index in [1.54, 1.807) is 7.11 Å². The highest BCUT2D eigenvalue weighted by atomic mass is 16.5. The van der Waals surface area contributed by atoms with E-state index in [2.05, 4.69) is 41.5 Å². The number of hydrogen-bond acceptors (Lipinski definition) is 2. The standard InChI is InChI=1S/C24H28N2O2/c1-17-6-5-7-19(12-17)24(10-3-4-11-24)16-26-23(27)13-18-15-25-22-9-8-20(28-2)14-21(18)22/h5-9,12,14-15,25H,3-4,10-11,13,16H2,1-2H3,(H,26,27). The van der Waals surface area contributed by atoms with Gasteiger partial charge in [0.15, 0.2) is 0 Å². The SMILES string of the molecule is COc1ccc2[nH]cc(CC(=O)NCC3(c4cccc(C)c4)CCCC3)c2c1. The number of rotatable bonds is 6. The van der Waals surface area contributed by atoms with Gasteiger partial charge in [0.25, 0.3) is 0 Å². The first-order chi connectivity index (χ1) is 13.6. The summed E-state index contributed by atoms with van der Waals surface area (Å²) in [5.74, 6) is 0.876. The molecule has 2 N–H and O–H groups in total. The van der Waals surface area contributed by atoms with E-state index in [1.807, 2.05) is 24.4 Å². The molecular weight excluding hydrogens is 348 g/mol. The summed E-state index contributed by atoms with van der Waals surface area (Å²) in [7, 11) is 1.66. The van der Waals surface area contributed by atoms with E-state index in [0.717, 1.165) is 35.1 Å². The van der Waals surface area contributed by atoms with Crippen LogP contribution >= 0.6 is 0 Å². The van der Waals surface area contributed by atoms with Crippen LogP contribution < -0.4 is 10.1 Å². The average Bonchev–Trinajstić information content (AvgIpc) is 3.34. The number of aryl methyl sites for hydroxylation is 1. The fourth-order valence-corrected chi connectivity index (χ4v) is 4.53. The van der Waals surface area contributed by atoms with Gasteiger partial charge in [-0.25, -0.2) is 0 Å². The number of ether oxygens (including phenoxy) is 1. The van der Waals surface area contributed by atoms with Gasteiger partial charge in [0.2, 0.25) is 5.91 Å². The molecule has 0 radical (unpaired) electrons. The zero-order valence-corrected chi connectivity index (χ0v) is 16.7. The minimum absolute atomic E-state index is 0.0719. The molecule has 2 aromatic carbocycles. The van der Waals surface area contributed by atoms with E-state index >= 15 is 0 Å². The quantitative estimate of drug-likeness (QED) is 0.658. The number of aromatic amines is 1. The molecule has 4 heteroatoms. The first-order valence-corrected chi connectivity index (χ1v) is 10.1. The van der Waals surface area contributed by atoms with E-state index < -0.39 is 0 Å². The smallest absolute Gasteiger partial charge is 0.224 e. The summed E-state index contributed by atoms with van der Waals surface area (Å²) in [5, 5.41) is 4.28. The van der Waals surface area contributed by atoms with Crippen LogP contribution in [0.5, 0.6) is 5.75 Å². The molecule has 1 aromatic heterocycles. The second kappa shape index (κ2) is 7.70. The first-order valence-electron chi connectivity index (χ1n) is 10.1. The van der Waals surface area contributed by atoms with Crippen LogP contribution in [-0.2, 0) is 16.6 Å². The summed E-state index contributed by atoms with van der Waals surface area (Å²) in [4.78, 5) is 16.0. The summed E-state index contributed by atoms with van der Waals surface area (Å²) >= 11 is 0. The van der Waals surface area contributed by atoms with Crippen molar-refractivity contribution in [2.75, 3.05) is 13.7 Å². The van der Waals surface area contributed by atoms with Gasteiger partial charge in [-0.2, -0.15) is 0 Å². The molecular formula is C24H28N2O2. The number of benzene rings is 2. The molecule has 1 heterocycles. The van der Waals surface area contributed by atoms with E-state index in [9.17, 15) is 4.79 Å². The molecule has 1 aliphatic carbocycles. The second-order valence-electron chi connectivity index (χ2n) is 8.04. The maximum absolute atomic E-state index is 12.7. The number of carbonyl (C=O) groups is 1. The minimum atomic E-state index is 0.0719. The average molecular weight is 377 g/mol. The lowest BCUT2D eigenvalue weighted by Crippen LogP contribution is -2.39. The van der Waals surface area contributed by atoms with Gasteiger partial charge >= 0.3 is 0 Å². The van der Waals surface area contributed by atoms with Crippen molar-refractivity contribution in [1.29, 1.82) is 0 Å². The molecule has 0 bridgehead atoms. The van der Waals surface area contributed by atoms with Crippen LogP contribution in [0, 0.1) is 6.92 Å². The Bertz CT molecular complexity index is 983. The van der Waals surface area contributed by atoms with Crippen molar-refractivity contribution in [3.05, 3.63) is 65.4 Å². The molecule has 0 aliphatic heterocycles. The Morgan fingerprint density at radius 3 is 2.75 bits per heavy atom. The highest BCUT2D eigenvalue weighted by molar-refractivity contribution is 5.89. The van der Waals surface area contributed by atoms with E-state index in [1.165, 1.54) is 24.0 Å². The number of nitrogens with one attached hydrogen (secondary N) is 2. The lowest BCUT2D eigenvalue weighted by molar-refractivity contribution is -0.120. The lowest BCUT2D eigenvalue weighted by Gasteiger charge is -2.30. The summed E-state index contributed by atoms with van der Waals surface area (Å²) in [5.41, 5.74) is 4.74. The van der Waals surface area contributed by atoms with Crippen LogP contribution in [0.4, 0.5) is 0 Å². The van der Waals surface area contributed by atoms with Gasteiger partial charge in [0.05, 0.1) is 13.5 Å². The second-order valence-corrected chi connectivity index (χ2v) is 8.04. The zero-order valence-electron chi connectivity index (χ0n) is 16.7. The van der Waals surface area contributed by atoms with Gasteiger partial charge in [-0.1, -0.05) is 42.7 Å². The maximum Gasteiger partial charge on any atom is 0.224 e. The summed E-state index contributed by atoms with van der Waals surface area (Å²) in [6.07, 6.45) is 7.03. The Balaban J connectivity index is 1.48. The predicted molar refractivity (Wildman–Crippen MR) is 113 cm³/mol. The number of methoxy groups -OCH3 is 1. The number of hydrogen-bond donors (Lipinski definition) is 2. The van der Waals surface area contributed by atoms with Crippen molar-refractivity contribution >= 4 is 16.8 Å². The lowest BCUT2D eigenvalue weighted by atomic mass is 9.78. The van der Waals surface area contributed by atoms with Crippen molar-refractivity contribution in [3.8, 4) is 5.75 Å². The molecule has 28 heavy (non-hydrogen) atoms. The van der Waals surface area contributed by atoms with Gasteiger partial charge in [-0.3, -0.25) is 4.79 Å². The Morgan fingerprint density at radius 2 is 2.00 bits per heavy atom. The summed E-state index contributed by atoms with van der Waals surface area (Å²) < 4.78 is 5.32. The fraction of sp³-hybridized carbons (Fsp3) is 0.375. The van der Waals surface area contributed by atoms with Crippen molar-refractivity contribution in [2.24, 2.45) is 0 Å². The Kier molecular flexibility index (Phi) is 5.12. The highest BCUT2D eigenvalue weighted by Gasteiger charge is 2.35.